The first-order valence-corrected chi connectivity index (χ1v) is 7.15. The fourth-order valence-corrected chi connectivity index (χ4v) is 2.57. The quantitative estimate of drug-likeness (QED) is 0.729. The van der Waals surface area contributed by atoms with Crippen LogP contribution in [-0.4, -0.2) is 30.0 Å². The van der Waals surface area contributed by atoms with Gasteiger partial charge in [-0.2, -0.15) is 0 Å². The Bertz CT molecular complexity index is 876. The lowest BCUT2D eigenvalue weighted by Gasteiger charge is -2.10. The number of fused-ring (bicyclic) bond motifs is 1. The predicted molar refractivity (Wildman–Crippen MR) is 88.4 cm³/mol. The van der Waals surface area contributed by atoms with Crippen molar-refractivity contribution in [2.24, 2.45) is 0 Å². The number of aromatic nitrogens is 2. The minimum atomic E-state index is 0.476. The van der Waals surface area contributed by atoms with Crippen LogP contribution in [-0.2, 0) is 4.79 Å². The molecule has 3 aromatic rings. The van der Waals surface area contributed by atoms with Crippen LogP contribution in [0.25, 0.3) is 16.9 Å². The van der Waals surface area contributed by atoms with E-state index in [1.54, 1.807) is 38.5 Å². The number of methoxy groups -OCH3 is 2. The van der Waals surface area contributed by atoms with E-state index >= 15 is 0 Å². The monoisotopic (exact) mass is 331 g/mol. The Morgan fingerprint density at radius 2 is 2.00 bits per heavy atom. The number of pyridine rings is 1. The number of halogens is 1. The van der Waals surface area contributed by atoms with Gasteiger partial charge < -0.3 is 19.2 Å². The lowest BCUT2D eigenvalue weighted by Crippen LogP contribution is -1.94. The number of anilines is 1. The van der Waals surface area contributed by atoms with Gasteiger partial charge in [0.15, 0.2) is 0 Å². The normalized spacial score (nSPS) is 10.6. The van der Waals surface area contributed by atoms with Crippen molar-refractivity contribution in [3.63, 3.8) is 0 Å². The molecule has 2 aromatic heterocycles. The Morgan fingerprint density at radius 1 is 1.22 bits per heavy atom. The van der Waals surface area contributed by atoms with Crippen molar-refractivity contribution in [3.8, 4) is 22.8 Å². The number of carbonyl (C=O) groups is 1. The number of nitrogens with one attached hydrogen (secondary N) is 1. The highest BCUT2D eigenvalue weighted by atomic mass is 35.5. The van der Waals surface area contributed by atoms with E-state index in [0.717, 1.165) is 5.56 Å². The maximum Gasteiger partial charge on any atom is 0.211 e. The van der Waals surface area contributed by atoms with Crippen molar-refractivity contribution in [2.45, 2.75) is 0 Å². The Labute approximate surface area is 137 Å². The average molecular weight is 332 g/mol. The molecule has 0 unspecified atom stereocenters. The number of benzene rings is 1. The van der Waals surface area contributed by atoms with Gasteiger partial charge in [0.1, 0.15) is 17.1 Å². The van der Waals surface area contributed by atoms with Crippen molar-refractivity contribution in [1.29, 1.82) is 0 Å². The molecule has 7 heteroatoms. The summed E-state index contributed by atoms with van der Waals surface area (Å²) in [5, 5.41) is 3.07. The van der Waals surface area contributed by atoms with Gasteiger partial charge in [0.25, 0.3) is 0 Å². The van der Waals surface area contributed by atoms with Gasteiger partial charge in [0, 0.05) is 35.8 Å². The Kier molecular flexibility index (Phi) is 4.08. The smallest absolute Gasteiger partial charge is 0.211 e. The SMILES string of the molecule is COc1cc(OC)c(-c2cn3ccc(NC=O)cc3n2)cc1Cl. The summed E-state index contributed by atoms with van der Waals surface area (Å²) < 4.78 is 12.5. The third kappa shape index (κ3) is 2.80. The minimum absolute atomic E-state index is 0.476. The molecule has 1 aromatic carbocycles. The third-order valence-corrected chi connectivity index (χ3v) is 3.73. The molecule has 0 atom stereocenters. The van der Waals surface area contributed by atoms with Crippen LogP contribution < -0.4 is 14.8 Å². The van der Waals surface area contributed by atoms with Gasteiger partial charge in [-0.25, -0.2) is 4.98 Å². The van der Waals surface area contributed by atoms with Crippen LogP contribution >= 0.6 is 11.6 Å². The van der Waals surface area contributed by atoms with Crippen molar-refractivity contribution in [2.75, 3.05) is 19.5 Å². The van der Waals surface area contributed by atoms with Gasteiger partial charge in [0.2, 0.25) is 6.41 Å². The zero-order valence-electron chi connectivity index (χ0n) is 12.5. The first-order valence-electron chi connectivity index (χ1n) is 6.77. The lowest BCUT2D eigenvalue weighted by atomic mass is 10.1. The molecular formula is C16H14ClN3O3. The van der Waals surface area contributed by atoms with E-state index in [1.807, 2.05) is 16.8 Å². The van der Waals surface area contributed by atoms with E-state index in [-0.39, 0.29) is 0 Å². The van der Waals surface area contributed by atoms with Crippen molar-refractivity contribution in [1.82, 2.24) is 9.38 Å². The predicted octanol–water partition coefficient (Wildman–Crippen LogP) is 3.24. The van der Waals surface area contributed by atoms with E-state index in [4.69, 9.17) is 21.1 Å². The zero-order chi connectivity index (χ0) is 16.4. The number of imidazole rings is 1. The third-order valence-electron chi connectivity index (χ3n) is 3.44. The molecule has 0 saturated heterocycles. The number of amides is 1. The Hall–Kier alpha value is -2.73. The van der Waals surface area contributed by atoms with Crippen LogP contribution in [0.4, 0.5) is 5.69 Å². The second-order valence-corrected chi connectivity index (χ2v) is 5.16. The lowest BCUT2D eigenvalue weighted by molar-refractivity contribution is -0.105. The molecule has 23 heavy (non-hydrogen) atoms. The molecule has 2 heterocycles. The first kappa shape index (κ1) is 15.2. The highest BCUT2D eigenvalue weighted by Gasteiger charge is 2.14. The second-order valence-electron chi connectivity index (χ2n) is 4.76. The molecule has 0 spiro atoms. The summed E-state index contributed by atoms with van der Waals surface area (Å²) in [6.07, 6.45) is 4.30. The molecule has 0 bridgehead atoms. The van der Waals surface area contributed by atoms with Crippen LogP contribution in [0.2, 0.25) is 5.02 Å². The number of nitrogens with zero attached hydrogens (tertiary/aromatic N) is 2. The number of rotatable bonds is 5. The number of carbonyl (C=O) groups excluding carboxylic acids is 1. The molecule has 0 aliphatic carbocycles. The summed E-state index contributed by atoms with van der Waals surface area (Å²) in [6.45, 7) is 0. The van der Waals surface area contributed by atoms with Gasteiger partial charge in [0.05, 0.1) is 24.9 Å². The van der Waals surface area contributed by atoms with E-state index in [0.29, 0.717) is 40.0 Å². The van der Waals surface area contributed by atoms with Crippen LogP contribution in [0.15, 0.2) is 36.7 Å². The van der Waals surface area contributed by atoms with E-state index < -0.39 is 0 Å². The van der Waals surface area contributed by atoms with Gasteiger partial charge >= 0.3 is 0 Å². The van der Waals surface area contributed by atoms with Gasteiger partial charge in [-0.05, 0) is 12.1 Å². The molecule has 118 valence electrons. The summed E-state index contributed by atoms with van der Waals surface area (Å²) >= 11 is 6.21. The Morgan fingerprint density at radius 3 is 2.70 bits per heavy atom. The molecule has 0 aliphatic heterocycles. The molecule has 1 N–H and O–H groups in total. The molecule has 0 aliphatic rings. The van der Waals surface area contributed by atoms with Crippen molar-refractivity contribution >= 4 is 29.3 Å². The van der Waals surface area contributed by atoms with Gasteiger partial charge in [-0.1, -0.05) is 11.6 Å². The van der Waals surface area contributed by atoms with Gasteiger partial charge in [-0.3, -0.25) is 4.79 Å². The van der Waals surface area contributed by atoms with Crippen molar-refractivity contribution in [3.05, 3.63) is 41.7 Å². The van der Waals surface area contributed by atoms with Crippen LogP contribution in [0.5, 0.6) is 11.5 Å². The fraction of sp³-hybridized carbons (Fsp3) is 0.125. The topological polar surface area (TPSA) is 64.9 Å². The highest BCUT2D eigenvalue weighted by molar-refractivity contribution is 6.32. The largest absolute Gasteiger partial charge is 0.496 e. The fourth-order valence-electron chi connectivity index (χ4n) is 2.33. The second kappa shape index (κ2) is 6.18. The standard InChI is InChI=1S/C16H14ClN3O3/c1-22-14-7-15(23-2)12(17)6-11(14)13-8-20-4-3-10(18-9-21)5-16(20)19-13/h3-9H,1-2H3,(H,18,21). The molecule has 0 radical (unpaired) electrons. The average Bonchev–Trinajstić information content (AvgIpc) is 2.98. The Balaban J connectivity index is 2.12. The van der Waals surface area contributed by atoms with E-state index in [2.05, 4.69) is 10.3 Å². The van der Waals surface area contributed by atoms with Crippen LogP contribution in [0.1, 0.15) is 0 Å². The van der Waals surface area contributed by atoms with E-state index in [1.165, 1.54) is 0 Å². The summed E-state index contributed by atoms with van der Waals surface area (Å²) in [5.74, 6) is 1.15. The van der Waals surface area contributed by atoms with Gasteiger partial charge in [-0.15, -0.1) is 0 Å². The molecule has 6 nitrogen and oxygen atoms in total. The summed E-state index contributed by atoms with van der Waals surface area (Å²) in [7, 11) is 3.13. The highest BCUT2D eigenvalue weighted by Crippen LogP contribution is 2.38. The van der Waals surface area contributed by atoms with Crippen molar-refractivity contribution < 1.29 is 14.3 Å². The summed E-state index contributed by atoms with van der Waals surface area (Å²) in [5.41, 5.74) is 2.83. The molecule has 1 amide bonds. The summed E-state index contributed by atoms with van der Waals surface area (Å²) in [6, 6.07) is 7.03. The van der Waals surface area contributed by atoms with Crippen LogP contribution in [0.3, 0.4) is 0 Å². The number of ether oxygens (including phenoxy) is 2. The maximum atomic E-state index is 10.5. The maximum absolute atomic E-state index is 10.5. The first-order chi connectivity index (χ1) is 11.2. The summed E-state index contributed by atoms with van der Waals surface area (Å²) in [4.78, 5) is 15.1. The molecular weight excluding hydrogens is 318 g/mol. The minimum Gasteiger partial charge on any atom is -0.496 e. The van der Waals surface area contributed by atoms with E-state index in [9.17, 15) is 4.79 Å². The molecule has 3 rings (SSSR count). The molecule has 0 fully saturated rings. The van der Waals surface area contributed by atoms with Crippen LogP contribution in [0, 0.1) is 0 Å². The number of hydrogen-bond acceptors (Lipinski definition) is 4. The number of hydrogen-bond donors (Lipinski definition) is 1. The molecule has 0 saturated carbocycles. The zero-order valence-corrected chi connectivity index (χ0v) is 13.3.